The number of nitrogens with zero attached hydrogens (tertiary/aromatic N) is 3. The lowest BCUT2D eigenvalue weighted by atomic mass is 9.72. The molecule has 4 rings (SSSR count). The van der Waals surface area contributed by atoms with Crippen molar-refractivity contribution in [3.05, 3.63) is 40.2 Å². The molecular weight excluding hydrogens is 340 g/mol. The fourth-order valence-electron chi connectivity index (χ4n) is 3.12. The Hall–Kier alpha value is -2.16. The SMILES string of the molecule is CC(C)(C)[C@]1(O)COCc2c1[nH]c(=O)c1sc(-c3cnncn3)cc21. The van der Waals surface area contributed by atoms with Gasteiger partial charge in [0, 0.05) is 10.9 Å². The lowest BCUT2D eigenvalue weighted by Crippen LogP contribution is -2.48. The van der Waals surface area contributed by atoms with Gasteiger partial charge in [0.25, 0.3) is 5.56 Å². The van der Waals surface area contributed by atoms with Gasteiger partial charge in [-0.25, -0.2) is 4.98 Å². The van der Waals surface area contributed by atoms with E-state index in [9.17, 15) is 9.90 Å². The maximum absolute atomic E-state index is 12.7. The molecule has 130 valence electrons. The molecule has 1 atom stereocenters. The average Bonchev–Trinajstić information content (AvgIpc) is 3.02. The summed E-state index contributed by atoms with van der Waals surface area (Å²) in [6.07, 6.45) is 2.94. The molecule has 3 aromatic rings. The summed E-state index contributed by atoms with van der Waals surface area (Å²) in [7, 11) is 0. The largest absolute Gasteiger partial charge is 0.381 e. The first-order valence-corrected chi connectivity index (χ1v) is 8.75. The Morgan fingerprint density at radius 3 is 2.84 bits per heavy atom. The number of rotatable bonds is 1. The number of hydrogen-bond acceptors (Lipinski definition) is 7. The summed E-state index contributed by atoms with van der Waals surface area (Å²) >= 11 is 1.35. The van der Waals surface area contributed by atoms with Crippen LogP contribution in [0.3, 0.4) is 0 Å². The van der Waals surface area contributed by atoms with Crippen LogP contribution in [0.5, 0.6) is 0 Å². The van der Waals surface area contributed by atoms with E-state index in [0.29, 0.717) is 22.7 Å². The number of nitrogens with one attached hydrogen (secondary N) is 1. The molecule has 0 saturated carbocycles. The predicted molar refractivity (Wildman–Crippen MR) is 94.3 cm³/mol. The summed E-state index contributed by atoms with van der Waals surface area (Å²) in [6, 6.07) is 1.91. The zero-order valence-corrected chi connectivity index (χ0v) is 15.0. The molecule has 0 unspecified atom stereocenters. The Bertz CT molecular complexity index is 1010. The highest BCUT2D eigenvalue weighted by Gasteiger charge is 2.47. The summed E-state index contributed by atoms with van der Waals surface area (Å²) in [5.74, 6) is 0. The maximum Gasteiger partial charge on any atom is 0.266 e. The number of aliphatic hydroxyl groups is 1. The normalized spacial score (nSPS) is 20.6. The minimum Gasteiger partial charge on any atom is -0.381 e. The summed E-state index contributed by atoms with van der Waals surface area (Å²) in [6.45, 7) is 6.29. The molecule has 0 radical (unpaired) electrons. The lowest BCUT2D eigenvalue weighted by molar-refractivity contribution is -0.139. The summed E-state index contributed by atoms with van der Waals surface area (Å²) in [4.78, 5) is 20.6. The van der Waals surface area contributed by atoms with Gasteiger partial charge < -0.3 is 14.8 Å². The molecule has 7 nitrogen and oxygen atoms in total. The molecule has 25 heavy (non-hydrogen) atoms. The van der Waals surface area contributed by atoms with Crippen molar-refractivity contribution in [3.63, 3.8) is 0 Å². The van der Waals surface area contributed by atoms with Gasteiger partial charge in [0.05, 0.1) is 30.0 Å². The maximum atomic E-state index is 12.7. The van der Waals surface area contributed by atoms with Crippen molar-refractivity contribution in [1.29, 1.82) is 0 Å². The molecule has 0 aliphatic carbocycles. The van der Waals surface area contributed by atoms with Crippen LogP contribution >= 0.6 is 11.3 Å². The fraction of sp³-hybridized carbons (Fsp3) is 0.412. The average molecular weight is 358 g/mol. The second-order valence-corrected chi connectivity index (χ2v) is 8.31. The van der Waals surface area contributed by atoms with Crippen molar-refractivity contribution >= 4 is 21.4 Å². The fourth-order valence-corrected chi connectivity index (χ4v) is 4.17. The molecule has 0 bridgehead atoms. The third-order valence-electron chi connectivity index (χ3n) is 4.76. The number of pyridine rings is 1. The number of aromatic amines is 1. The van der Waals surface area contributed by atoms with Crippen LogP contribution in [0.25, 0.3) is 20.7 Å². The highest BCUT2D eigenvalue weighted by molar-refractivity contribution is 7.22. The monoisotopic (exact) mass is 358 g/mol. The number of H-pyrrole nitrogens is 1. The van der Waals surface area contributed by atoms with Gasteiger partial charge in [0.15, 0.2) is 0 Å². The summed E-state index contributed by atoms with van der Waals surface area (Å²) < 4.78 is 6.29. The molecule has 0 aromatic carbocycles. The zero-order chi connectivity index (χ0) is 17.8. The molecule has 8 heteroatoms. The Kier molecular flexibility index (Phi) is 3.54. The summed E-state index contributed by atoms with van der Waals surface area (Å²) in [5.41, 5.74) is 0.0706. The smallest absolute Gasteiger partial charge is 0.266 e. The highest BCUT2D eigenvalue weighted by Crippen LogP contribution is 2.45. The standard InChI is InChI=1S/C17H18N4O3S/c1-16(2,3)17(23)7-24-6-10-9-4-12(11-5-19-20-8-18-11)25-13(9)15(22)21-14(10)17/h4-5,8,23H,6-7H2,1-3H3,(H,21,22)/t17-/m0/s1. The van der Waals surface area contributed by atoms with Crippen LogP contribution in [0.1, 0.15) is 32.0 Å². The van der Waals surface area contributed by atoms with E-state index >= 15 is 0 Å². The first kappa shape index (κ1) is 16.3. The number of ether oxygens (including phenoxy) is 1. The lowest BCUT2D eigenvalue weighted by Gasteiger charge is -2.43. The van der Waals surface area contributed by atoms with E-state index in [0.717, 1.165) is 15.8 Å². The zero-order valence-electron chi connectivity index (χ0n) is 14.2. The van der Waals surface area contributed by atoms with Crippen molar-refractivity contribution in [2.75, 3.05) is 6.61 Å². The van der Waals surface area contributed by atoms with Gasteiger partial charge in [-0.1, -0.05) is 20.8 Å². The first-order valence-electron chi connectivity index (χ1n) is 7.93. The van der Waals surface area contributed by atoms with Crippen LogP contribution in [-0.4, -0.2) is 31.9 Å². The van der Waals surface area contributed by atoms with E-state index < -0.39 is 11.0 Å². The number of hydrogen-bond donors (Lipinski definition) is 2. The third-order valence-corrected chi connectivity index (χ3v) is 5.92. The van der Waals surface area contributed by atoms with Gasteiger partial charge in [-0.2, -0.15) is 5.10 Å². The molecule has 0 spiro atoms. The molecule has 0 saturated heterocycles. The molecule has 0 amide bonds. The number of fused-ring (bicyclic) bond motifs is 3. The highest BCUT2D eigenvalue weighted by atomic mass is 32.1. The van der Waals surface area contributed by atoms with E-state index in [1.165, 1.54) is 17.7 Å². The second-order valence-electron chi connectivity index (χ2n) is 7.25. The van der Waals surface area contributed by atoms with Crippen LogP contribution in [-0.2, 0) is 16.9 Å². The van der Waals surface area contributed by atoms with Gasteiger partial charge in [0.1, 0.15) is 22.3 Å². The molecule has 0 fully saturated rings. The topological polar surface area (TPSA) is 101 Å². The number of thiophene rings is 1. The quantitative estimate of drug-likeness (QED) is 0.692. The van der Waals surface area contributed by atoms with Crippen LogP contribution in [0.4, 0.5) is 0 Å². The molecule has 2 N–H and O–H groups in total. The molecule has 1 aliphatic heterocycles. The van der Waals surface area contributed by atoms with Crippen molar-refractivity contribution in [1.82, 2.24) is 20.2 Å². The van der Waals surface area contributed by atoms with Crippen LogP contribution in [0.15, 0.2) is 23.4 Å². The van der Waals surface area contributed by atoms with E-state index in [4.69, 9.17) is 4.74 Å². The van der Waals surface area contributed by atoms with E-state index in [1.54, 1.807) is 6.20 Å². The number of aromatic nitrogens is 4. The van der Waals surface area contributed by atoms with Gasteiger partial charge in [-0.3, -0.25) is 4.79 Å². The van der Waals surface area contributed by atoms with Crippen molar-refractivity contribution in [2.24, 2.45) is 5.41 Å². The minimum atomic E-state index is -1.26. The van der Waals surface area contributed by atoms with Crippen molar-refractivity contribution < 1.29 is 9.84 Å². The Morgan fingerprint density at radius 1 is 1.36 bits per heavy atom. The van der Waals surface area contributed by atoms with Crippen LogP contribution < -0.4 is 5.56 Å². The van der Waals surface area contributed by atoms with E-state index in [1.807, 2.05) is 26.8 Å². The van der Waals surface area contributed by atoms with Gasteiger partial charge in [-0.05, 0) is 11.5 Å². The molecule has 1 aliphatic rings. The van der Waals surface area contributed by atoms with Gasteiger partial charge in [0.2, 0.25) is 0 Å². The first-order chi connectivity index (χ1) is 11.8. The van der Waals surface area contributed by atoms with Gasteiger partial charge in [-0.15, -0.1) is 16.4 Å². The third kappa shape index (κ3) is 2.40. The molecule has 3 aromatic heterocycles. The van der Waals surface area contributed by atoms with Crippen LogP contribution in [0.2, 0.25) is 0 Å². The predicted octanol–water partition coefficient (Wildman–Crippen LogP) is 2.21. The van der Waals surface area contributed by atoms with Crippen LogP contribution in [0, 0.1) is 5.41 Å². The summed E-state index contributed by atoms with van der Waals surface area (Å²) in [5, 5.41) is 19.6. The minimum absolute atomic E-state index is 0.151. The Morgan fingerprint density at radius 2 is 2.16 bits per heavy atom. The molecule has 4 heterocycles. The van der Waals surface area contributed by atoms with E-state index in [-0.39, 0.29) is 12.2 Å². The Balaban J connectivity index is 2.00. The Labute approximate surface area is 147 Å². The second kappa shape index (κ2) is 5.42. The van der Waals surface area contributed by atoms with Crippen molar-refractivity contribution in [3.8, 4) is 10.6 Å². The van der Waals surface area contributed by atoms with E-state index in [2.05, 4.69) is 20.2 Å². The van der Waals surface area contributed by atoms with Crippen molar-refractivity contribution in [2.45, 2.75) is 33.0 Å². The molecular formula is C17H18N4O3S. The van der Waals surface area contributed by atoms with Gasteiger partial charge >= 0.3 is 0 Å².